The van der Waals surface area contributed by atoms with Crippen LogP contribution in [0.15, 0.2) is 11.4 Å². The minimum Gasteiger partial charge on any atom is -0.464 e. The molecule has 0 saturated carbocycles. The monoisotopic (exact) mass is 239 g/mol. The first kappa shape index (κ1) is 11.1. The van der Waals surface area contributed by atoms with Gasteiger partial charge >= 0.3 is 5.97 Å². The van der Waals surface area contributed by atoms with Crippen molar-refractivity contribution in [3.8, 4) is 0 Å². The van der Waals surface area contributed by atoms with Crippen LogP contribution in [0, 0.1) is 0 Å². The molecule has 1 aromatic heterocycles. The zero-order chi connectivity index (χ0) is 11.5. The molecule has 1 atom stereocenters. The summed E-state index contributed by atoms with van der Waals surface area (Å²) in [5, 5.41) is 4.60. The van der Waals surface area contributed by atoms with Gasteiger partial charge < -0.3 is 10.1 Å². The van der Waals surface area contributed by atoms with Gasteiger partial charge in [0.1, 0.15) is 6.04 Å². The van der Waals surface area contributed by atoms with Gasteiger partial charge in [0.15, 0.2) is 0 Å². The molecule has 4 nitrogen and oxygen atoms in total. The number of ether oxygens (including phenoxy) is 1. The fraction of sp³-hybridized carbons (Fsp3) is 0.455. The van der Waals surface area contributed by atoms with Crippen LogP contribution in [-0.4, -0.2) is 24.5 Å². The minimum atomic E-state index is -0.507. The molecule has 1 aliphatic heterocycles. The van der Waals surface area contributed by atoms with Gasteiger partial charge in [-0.1, -0.05) is 0 Å². The number of rotatable bonds is 2. The summed E-state index contributed by atoms with van der Waals surface area (Å²) in [5.41, 5.74) is 0.691. The van der Waals surface area contributed by atoms with Crippen molar-refractivity contribution in [2.75, 3.05) is 6.61 Å². The van der Waals surface area contributed by atoms with Gasteiger partial charge in [0.25, 0.3) is 5.91 Å². The highest BCUT2D eigenvalue weighted by Crippen LogP contribution is 2.22. The van der Waals surface area contributed by atoms with Crippen LogP contribution in [-0.2, 0) is 16.0 Å². The van der Waals surface area contributed by atoms with Crippen LogP contribution >= 0.6 is 11.3 Å². The molecule has 0 bridgehead atoms. The van der Waals surface area contributed by atoms with E-state index in [1.165, 1.54) is 0 Å². The SMILES string of the molecule is CCOC(=O)C1CCc2sccc2C(=O)N1. The second-order valence-electron chi connectivity index (χ2n) is 3.57. The van der Waals surface area contributed by atoms with Gasteiger partial charge in [-0.2, -0.15) is 0 Å². The number of carbonyl (C=O) groups excluding carboxylic acids is 2. The number of hydrogen-bond acceptors (Lipinski definition) is 4. The maximum Gasteiger partial charge on any atom is 0.328 e. The van der Waals surface area contributed by atoms with Crippen LogP contribution in [0.4, 0.5) is 0 Å². The van der Waals surface area contributed by atoms with Crippen molar-refractivity contribution < 1.29 is 14.3 Å². The van der Waals surface area contributed by atoms with Crippen LogP contribution in [0.3, 0.4) is 0 Å². The van der Waals surface area contributed by atoms with E-state index in [1.54, 1.807) is 24.3 Å². The molecule has 16 heavy (non-hydrogen) atoms. The van der Waals surface area contributed by atoms with Crippen molar-refractivity contribution in [1.82, 2.24) is 5.32 Å². The van der Waals surface area contributed by atoms with E-state index in [1.807, 2.05) is 5.38 Å². The van der Waals surface area contributed by atoms with Crippen LogP contribution in [0.25, 0.3) is 0 Å². The molecule has 1 aliphatic rings. The Morgan fingerprint density at radius 2 is 2.50 bits per heavy atom. The van der Waals surface area contributed by atoms with Crippen LogP contribution < -0.4 is 5.32 Å². The molecule has 0 radical (unpaired) electrons. The van der Waals surface area contributed by atoms with E-state index in [0.717, 1.165) is 11.3 Å². The lowest BCUT2D eigenvalue weighted by molar-refractivity contribution is -0.145. The third-order valence-corrected chi connectivity index (χ3v) is 3.51. The normalized spacial score (nSPS) is 19.6. The number of hydrogen-bond donors (Lipinski definition) is 1. The summed E-state index contributed by atoms with van der Waals surface area (Å²) in [4.78, 5) is 24.4. The molecule has 1 N–H and O–H groups in total. The quantitative estimate of drug-likeness (QED) is 0.793. The molecule has 0 fully saturated rings. The minimum absolute atomic E-state index is 0.174. The Balaban J connectivity index is 2.12. The average molecular weight is 239 g/mol. The Morgan fingerprint density at radius 1 is 1.69 bits per heavy atom. The fourth-order valence-electron chi connectivity index (χ4n) is 1.74. The summed E-state index contributed by atoms with van der Waals surface area (Å²) in [7, 11) is 0. The number of esters is 1. The van der Waals surface area contributed by atoms with E-state index >= 15 is 0 Å². The van der Waals surface area contributed by atoms with Gasteiger partial charge in [-0.15, -0.1) is 11.3 Å². The molecule has 86 valence electrons. The number of fused-ring (bicyclic) bond motifs is 1. The molecular formula is C11H13NO3S. The highest BCUT2D eigenvalue weighted by molar-refractivity contribution is 7.10. The molecule has 2 heterocycles. The van der Waals surface area contributed by atoms with Gasteiger partial charge in [0.05, 0.1) is 12.2 Å². The van der Waals surface area contributed by atoms with Gasteiger partial charge in [0.2, 0.25) is 0 Å². The van der Waals surface area contributed by atoms with Crippen LogP contribution in [0.2, 0.25) is 0 Å². The highest BCUT2D eigenvalue weighted by Gasteiger charge is 2.27. The van der Waals surface area contributed by atoms with Gasteiger partial charge in [0, 0.05) is 4.88 Å². The molecule has 1 aromatic rings. The number of carbonyl (C=O) groups is 2. The molecule has 1 amide bonds. The summed E-state index contributed by atoms with van der Waals surface area (Å²) in [6.45, 7) is 2.10. The highest BCUT2D eigenvalue weighted by atomic mass is 32.1. The Kier molecular flexibility index (Phi) is 3.24. The maximum atomic E-state index is 11.8. The van der Waals surface area contributed by atoms with Crippen molar-refractivity contribution in [1.29, 1.82) is 0 Å². The first-order chi connectivity index (χ1) is 7.72. The molecule has 0 aromatic carbocycles. The smallest absolute Gasteiger partial charge is 0.328 e. The Bertz CT molecular complexity index is 413. The zero-order valence-corrected chi connectivity index (χ0v) is 9.80. The number of aryl methyl sites for hydroxylation is 1. The molecular weight excluding hydrogens is 226 g/mol. The molecule has 1 unspecified atom stereocenters. The largest absolute Gasteiger partial charge is 0.464 e. The van der Waals surface area contributed by atoms with Crippen molar-refractivity contribution >= 4 is 23.2 Å². The van der Waals surface area contributed by atoms with Gasteiger partial charge in [-0.3, -0.25) is 4.79 Å². The van der Waals surface area contributed by atoms with Crippen molar-refractivity contribution in [3.05, 3.63) is 21.9 Å². The second kappa shape index (κ2) is 4.65. The fourth-order valence-corrected chi connectivity index (χ4v) is 2.63. The summed E-state index contributed by atoms with van der Waals surface area (Å²) >= 11 is 1.56. The standard InChI is InChI=1S/C11H13NO3S/c1-2-15-11(14)8-3-4-9-7(5-6-16-9)10(13)12-8/h5-6,8H,2-4H2,1H3,(H,12,13). The Labute approximate surface area is 97.6 Å². The van der Waals surface area contributed by atoms with E-state index in [9.17, 15) is 9.59 Å². The summed E-state index contributed by atoms with van der Waals surface area (Å²) in [6, 6.07) is 1.29. The zero-order valence-electron chi connectivity index (χ0n) is 8.99. The lowest BCUT2D eigenvalue weighted by Gasteiger charge is -2.13. The average Bonchev–Trinajstić information content (AvgIpc) is 2.66. The lowest BCUT2D eigenvalue weighted by Crippen LogP contribution is -2.40. The van der Waals surface area contributed by atoms with Gasteiger partial charge in [-0.05, 0) is 31.2 Å². The topological polar surface area (TPSA) is 55.4 Å². The van der Waals surface area contributed by atoms with Crippen LogP contribution in [0.1, 0.15) is 28.6 Å². The van der Waals surface area contributed by atoms with Crippen molar-refractivity contribution in [3.63, 3.8) is 0 Å². The van der Waals surface area contributed by atoms with E-state index in [-0.39, 0.29) is 11.9 Å². The summed E-state index contributed by atoms with van der Waals surface area (Å²) < 4.78 is 4.91. The second-order valence-corrected chi connectivity index (χ2v) is 4.57. The molecule has 2 rings (SSSR count). The van der Waals surface area contributed by atoms with Crippen molar-refractivity contribution in [2.24, 2.45) is 0 Å². The van der Waals surface area contributed by atoms with E-state index in [4.69, 9.17) is 4.74 Å². The predicted molar refractivity (Wildman–Crippen MR) is 60.5 cm³/mol. The predicted octanol–water partition coefficient (Wildman–Crippen LogP) is 1.36. The maximum absolute atomic E-state index is 11.8. The molecule has 5 heteroatoms. The third-order valence-electron chi connectivity index (χ3n) is 2.53. The van der Waals surface area contributed by atoms with Crippen molar-refractivity contribution in [2.45, 2.75) is 25.8 Å². The van der Waals surface area contributed by atoms with Gasteiger partial charge in [-0.25, -0.2) is 4.79 Å². The Morgan fingerprint density at radius 3 is 3.25 bits per heavy atom. The first-order valence-electron chi connectivity index (χ1n) is 5.26. The number of amides is 1. The van der Waals surface area contributed by atoms with Crippen LogP contribution in [0.5, 0.6) is 0 Å². The summed E-state index contributed by atoms with van der Waals surface area (Å²) in [6.07, 6.45) is 1.35. The third kappa shape index (κ3) is 2.09. The Hall–Kier alpha value is -1.36. The van der Waals surface area contributed by atoms with E-state index in [0.29, 0.717) is 18.6 Å². The summed E-state index contributed by atoms with van der Waals surface area (Å²) in [5.74, 6) is -0.516. The first-order valence-corrected chi connectivity index (χ1v) is 6.14. The number of nitrogens with one attached hydrogen (secondary N) is 1. The lowest BCUT2D eigenvalue weighted by atomic mass is 10.1. The molecule has 0 aliphatic carbocycles. The number of thiophene rings is 1. The van der Waals surface area contributed by atoms with E-state index < -0.39 is 6.04 Å². The molecule has 0 saturated heterocycles. The molecule has 0 spiro atoms. The van der Waals surface area contributed by atoms with E-state index in [2.05, 4.69) is 5.32 Å².